The molecule has 1 aromatic carbocycles. The first-order chi connectivity index (χ1) is 12.5. The van der Waals surface area contributed by atoms with Crippen molar-refractivity contribution in [1.82, 2.24) is 10.2 Å². The van der Waals surface area contributed by atoms with Crippen LogP contribution in [0.3, 0.4) is 0 Å². The molecule has 0 saturated heterocycles. The van der Waals surface area contributed by atoms with Crippen LogP contribution >= 0.6 is 11.3 Å². The molecule has 0 saturated carbocycles. The number of benzene rings is 1. The van der Waals surface area contributed by atoms with Crippen molar-refractivity contribution in [3.8, 4) is 0 Å². The average Bonchev–Trinajstić information content (AvgIpc) is 3.11. The molecule has 1 aromatic heterocycles. The van der Waals surface area contributed by atoms with Gasteiger partial charge in [0, 0.05) is 42.1 Å². The number of carbonyl (C=O) groups is 2. The zero-order valence-electron chi connectivity index (χ0n) is 14.3. The summed E-state index contributed by atoms with van der Waals surface area (Å²) < 4.78 is 0. The summed E-state index contributed by atoms with van der Waals surface area (Å²) in [5, 5.41) is 15.4. The molecule has 26 heavy (non-hydrogen) atoms. The number of nitro benzene ring substituents is 1. The summed E-state index contributed by atoms with van der Waals surface area (Å²) in [7, 11) is 0. The zero-order chi connectivity index (χ0) is 18.7. The molecule has 1 aliphatic heterocycles. The minimum atomic E-state index is -0.515. The van der Waals surface area contributed by atoms with Gasteiger partial charge in [0.2, 0.25) is 5.91 Å². The summed E-state index contributed by atoms with van der Waals surface area (Å²) in [6.45, 7) is 2.95. The van der Waals surface area contributed by atoms with Crippen LogP contribution in [-0.4, -0.2) is 34.7 Å². The summed E-state index contributed by atoms with van der Waals surface area (Å²) >= 11 is 1.73. The van der Waals surface area contributed by atoms with Crippen LogP contribution in [0.25, 0.3) is 0 Å². The van der Waals surface area contributed by atoms with E-state index in [1.165, 1.54) is 34.7 Å². The smallest absolute Gasteiger partial charge is 0.269 e. The third-order valence-electron chi connectivity index (χ3n) is 4.56. The second-order valence-electron chi connectivity index (χ2n) is 6.12. The molecule has 8 heteroatoms. The first kappa shape index (κ1) is 18.1. The number of amides is 2. The lowest BCUT2D eigenvalue weighted by Gasteiger charge is -2.33. The molecule has 136 valence electrons. The summed E-state index contributed by atoms with van der Waals surface area (Å²) in [4.78, 5) is 37.9. The fourth-order valence-electron chi connectivity index (χ4n) is 3.11. The molecule has 0 spiro atoms. The first-order valence-corrected chi connectivity index (χ1v) is 9.23. The molecule has 1 N–H and O–H groups in total. The molecular weight excluding hydrogens is 354 g/mol. The topological polar surface area (TPSA) is 92.6 Å². The molecule has 3 rings (SSSR count). The van der Waals surface area contributed by atoms with Gasteiger partial charge < -0.3 is 10.2 Å². The van der Waals surface area contributed by atoms with Crippen LogP contribution < -0.4 is 5.32 Å². The Hall–Kier alpha value is -2.74. The Labute approximate surface area is 154 Å². The van der Waals surface area contributed by atoms with Crippen molar-refractivity contribution in [2.75, 3.05) is 13.1 Å². The molecule has 0 fully saturated rings. The minimum Gasteiger partial charge on any atom is -0.352 e. The summed E-state index contributed by atoms with van der Waals surface area (Å²) in [5.74, 6) is -0.335. The van der Waals surface area contributed by atoms with E-state index in [0.717, 1.165) is 6.42 Å². The van der Waals surface area contributed by atoms with Crippen molar-refractivity contribution >= 4 is 28.8 Å². The second kappa shape index (κ2) is 7.65. The third kappa shape index (κ3) is 3.75. The highest BCUT2D eigenvalue weighted by Crippen LogP contribution is 2.32. The van der Waals surface area contributed by atoms with Gasteiger partial charge in [-0.3, -0.25) is 19.7 Å². The maximum absolute atomic E-state index is 12.5. The van der Waals surface area contributed by atoms with Crippen LogP contribution in [0.15, 0.2) is 35.7 Å². The van der Waals surface area contributed by atoms with Crippen molar-refractivity contribution < 1.29 is 14.5 Å². The largest absolute Gasteiger partial charge is 0.352 e. The standard InChI is InChI=1S/C18H19N3O4S/c1-12-15-8-11-26-16(15)7-10-20(12)17(22)6-9-19-18(23)13-2-4-14(5-3-13)21(24)25/h2-5,8,11-12H,6-7,9-10H2,1H3,(H,19,23)/t12-/m0/s1. The summed E-state index contributed by atoms with van der Waals surface area (Å²) in [5.41, 5.74) is 1.48. The van der Waals surface area contributed by atoms with E-state index in [9.17, 15) is 19.7 Å². The van der Waals surface area contributed by atoms with Gasteiger partial charge in [-0.05, 0) is 42.5 Å². The fourth-order valence-corrected chi connectivity index (χ4v) is 4.08. The number of hydrogen-bond acceptors (Lipinski definition) is 5. The van der Waals surface area contributed by atoms with E-state index in [0.29, 0.717) is 12.1 Å². The zero-order valence-corrected chi connectivity index (χ0v) is 15.1. The van der Waals surface area contributed by atoms with Gasteiger partial charge in [0.25, 0.3) is 11.6 Å². The fraction of sp³-hybridized carbons (Fsp3) is 0.333. The predicted molar refractivity (Wildman–Crippen MR) is 98.2 cm³/mol. The minimum absolute atomic E-state index is 0.0124. The highest BCUT2D eigenvalue weighted by atomic mass is 32.1. The van der Waals surface area contributed by atoms with E-state index >= 15 is 0 Å². The number of hydrogen-bond donors (Lipinski definition) is 1. The van der Waals surface area contributed by atoms with E-state index in [-0.39, 0.29) is 36.5 Å². The van der Waals surface area contributed by atoms with Gasteiger partial charge in [0.1, 0.15) is 0 Å². The van der Waals surface area contributed by atoms with E-state index in [2.05, 4.69) is 16.8 Å². The number of nitrogens with zero attached hydrogens (tertiary/aromatic N) is 2. The van der Waals surface area contributed by atoms with E-state index in [1.54, 1.807) is 11.3 Å². The quantitative estimate of drug-likeness (QED) is 0.644. The highest BCUT2D eigenvalue weighted by Gasteiger charge is 2.27. The Kier molecular flexibility index (Phi) is 5.32. The first-order valence-electron chi connectivity index (χ1n) is 8.35. The predicted octanol–water partition coefficient (Wildman–Crippen LogP) is 2.92. The summed E-state index contributed by atoms with van der Waals surface area (Å²) in [6.07, 6.45) is 1.10. The number of carbonyl (C=O) groups excluding carboxylic acids is 2. The van der Waals surface area contributed by atoms with Gasteiger partial charge >= 0.3 is 0 Å². The molecule has 2 heterocycles. The van der Waals surface area contributed by atoms with Crippen molar-refractivity contribution in [2.24, 2.45) is 0 Å². The van der Waals surface area contributed by atoms with Crippen molar-refractivity contribution in [1.29, 1.82) is 0 Å². The van der Waals surface area contributed by atoms with Crippen molar-refractivity contribution in [2.45, 2.75) is 25.8 Å². The summed E-state index contributed by atoms with van der Waals surface area (Å²) in [6, 6.07) is 7.51. The van der Waals surface area contributed by atoms with Crippen LogP contribution in [0.1, 0.15) is 40.2 Å². The van der Waals surface area contributed by atoms with Crippen LogP contribution in [0.5, 0.6) is 0 Å². The molecule has 1 atom stereocenters. The van der Waals surface area contributed by atoms with E-state index < -0.39 is 4.92 Å². The highest BCUT2D eigenvalue weighted by molar-refractivity contribution is 7.10. The number of non-ortho nitro benzene ring substituents is 1. The molecule has 1 aliphatic rings. The van der Waals surface area contributed by atoms with Gasteiger partial charge in [-0.2, -0.15) is 0 Å². The van der Waals surface area contributed by atoms with E-state index in [4.69, 9.17) is 0 Å². The van der Waals surface area contributed by atoms with Gasteiger partial charge in [-0.15, -0.1) is 11.3 Å². The van der Waals surface area contributed by atoms with Gasteiger partial charge in [-0.25, -0.2) is 0 Å². The normalized spacial score (nSPS) is 16.0. The maximum Gasteiger partial charge on any atom is 0.269 e. The molecule has 0 aliphatic carbocycles. The second-order valence-corrected chi connectivity index (χ2v) is 7.12. The van der Waals surface area contributed by atoms with Crippen molar-refractivity contribution in [3.63, 3.8) is 0 Å². The number of thiophene rings is 1. The SMILES string of the molecule is C[C@H]1c2ccsc2CCN1C(=O)CCNC(=O)c1ccc([N+](=O)[O-])cc1. The Bertz CT molecular complexity index is 831. The van der Waals surface area contributed by atoms with Crippen LogP contribution in [0.2, 0.25) is 0 Å². The van der Waals surface area contributed by atoms with Gasteiger partial charge in [-0.1, -0.05) is 0 Å². The monoisotopic (exact) mass is 373 g/mol. The molecule has 0 unspecified atom stereocenters. The lowest BCUT2D eigenvalue weighted by molar-refractivity contribution is -0.384. The van der Waals surface area contributed by atoms with Gasteiger partial charge in [0.15, 0.2) is 0 Å². The molecule has 0 radical (unpaired) electrons. The number of rotatable bonds is 5. The number of nitro groups is 1. The Balaban J connectivity index is 1.51. The molecule has 7 nitrogen and oxygen atoms in total. The Morgan fingerprint density at radius 2 is 2.04 bits per heavy atom. The molecular formula is C18H19N3O4S. The number of nitrogens with one attached hydrogen (secondary N) is 1. The van der Waals surface area contributed by atoms with Crippen LogP contribution in [0.4, 0.5) is 5.69 Å². The maximum atomic E-state index is 12.5. The third-order valence-corrected chi connectivity index (χ3v) is 5.56. The molecule has 0 bridgehead atoms. The molecule has 2 aromatic rings. The van der Waals surface area contributed by atoms with Crippen LogP contribution in [-0.2, 0) is 11.2 Å². The van der Waals surface area contributed by atoms with E-state index in [1.807, 2.05) is 11.8 Å². The van der Waals surface area contributed by atoms with Crippen molar-refractivity contribution in [3.05, 3.63) is 61.8 Å². The van der Waals surface area contributed by atoms with Crippen LogP contribution in [0, 0.1) is 10.1 Å². The molecule has 2 amide bonds. The Morgan fingerprint density at radius 1 is 1.31 bits per heavy atom. The lowest BCUT2D eigenvalue weighted by atomic mass is 10.0. The van der Waals surface area contributed by atoms with Gasteiger partial charge in [0.05, 0.1) is 11.0 Å². The lowest BCUT2D eigenvalue weighted by Crippen LogP contribution is -2.39. The Morgan fingerprint density at radius 3 is 2.73 bits per heavy atom. The average molecular weight is 373 g/mol. The number of fused-ring (bicyclic) bond motifs is 1.